The Morgan fingerprint density at radius 2 is 1.19 bits per heavy atom. The van der Waals surface area contributed by atoms with Crippen molar-refractivity contribution in [3.8, 4) is 0 Å². The van der Waals surface area contributed by atoms with Crippen LogP contribution in [-0.4, -0.2) is 37.0 Å². The van der Waals surface area contributed by atoms with Gasteiger partial charge in [0.25, 0.3) is 0 Å². The molecule has 134 valence electrons. The first-order chi connectivity index (χ1) is 12.8. The fraction of sp³-hybridized carbons (Fsp3) is 0.217. The predicted molar refractivity (Wildman–Crippen MR) is 119 cm³/mol. The van der Waals surface area contributed by atoms with Crippen molar-refractivity contribution < 1.29 is 0 Å². The molecule has 3 aromatic rings. The Labute approximate surface area is 163 Å². The number of hydrogen-bond acceptors (Lipinski definition) is 2. The first-order valence-electron chi connectivity index (χ1n) is 9.07. The number of benzene rings is 3. The van der Waals surface area contributed by atoms with Crippen LogP contribution in [0, 0.1) is 0 Å². The maximum atomic E-state index is 2.47. The molecule has 0 saturated carbocycles. The molecule has 0 aliphatic rings. The molecule has 3 heteroatoms. The molecule has 0 bridgehead atoms. The van der Waals surface area contributed by atoms with Crippen LogP contribution in [0.1, 0.15) is 0 Å². The van der Waals surface area contributed by atoms with E-state index in [1.807, 2.05) is 11.8 Å². The van der Waals surface area contributed by atoms with Crippen LogP contribution < -0.4 is 10.6 Å². The Bertz CT molecular complexity index is 709. The monoisotopic (exact) mass is 379 g/mol. The lowest BCUT2D eigenvalue weighted by Gasteiger charge is -2.23. The van der Waals surface area contributed by atoms with E-state index in [1.54, 1.807) is 0 Å². The van der Waals surface area contributed by atoms with Crippen LogP contribution in [-0.2, 0) is 0 Å². The largest absolute Gasteiger partial charge is 0.305 e. The normalized spacial score (nSPS) is 11.2. The second kappa shape index (κ2) is 10.5. The average molecular weight is 380 g/mol. The fourth-order valence-electron chi connectivity index (χ4n) is 2.84. The maximum Gasteiger partial charge on any atom is 0.0108 e. The molecule has 0 radical (unpaired) electrons. The Hall–Kier alpha value is -1.60. The highest BCUT2D eigenvalue weighted by molar-refractivity contribution is 7.99. The number of hydrogen-bond donors (Lipinski definition) is 0. The standard InChI is InChI=1S/C23H26NPS/c1-24(18-20-26-23-15-9-4-10-16-23)17-19-25(21-11-5-2-6-12-21)22-13-7-3-8-14-22/h2-16H,17-20H2,1H3. The van der Waals surface area contributed by atoms with Crippen molar-refractivity contribution in [2.75, 3.05) is 32.1 Å². The Balaban J connectivity index is 1.54. The van der Waals surface area contributed by atoms with Gasteiger partial charge in [-0.15, -0.1) is 11.8 Å². The molecule has 3 aromatic carbocycles. The lowest BCUT2D eigenvalue weighted by atomic mass is 10.4. The van der Waals surface area contributed by atoms with Crippen molar-refractivity contribution >= 4 is 30.3 Å². The summed E-state index contributed by atoms with van der Waals surface area (Å²) in [5.41, 5.74) is 0. The zero-order chi connectivity index (χ0) is 18.0. The van der Waals surface area contributed by atoms with Gasteiger partial charge in [-0.1, -0.05) is 78.9 Å². The molecule has 0 unspecified atom stereocenters. The number of nitrogens with zero attached hydrogens (tertiary/aromatic N) is 1. The third kappa shape index (κ3) is 5.99. The van der Waals surface area contributed by atoms with Gasteiger partial charge in [0.05, 0.1) is 0 Å². The molecule has 0 atom stereocenters. The SMILES string of the molecule is CN(CCSc1ccccc1)CCP(c1ccccc1)c1ccccc1. The average Bonchev–Trinajstić information content (AvgIpc) is 2.71. The van der Waals surface area contributed by atoms with Gasteiger partial charge in [0.15, 0.2) is 0 Å². The van der Waals surface area contributed by atoms with Crippen LogP contribution in [0.15, 0.2) is 95.9 Å². The molecule has 0 N–H and O–H groups in total. The van der Waals surface area contributed by atoms with E-state index in [1.165, 1.54) is 21.7 Å². The van der Waals surface area contributed by atoms with Crippen LogP contribution in [0.2, 0.25) is 0 Å². The van der Waals surface area contributed by atoms with Crippen molar-refractivity contribution in [3.05, 3.63) is 91.0 Å². The fourth-order valence-corrected chi connectivity index (χ4v) is 6.25. The second-order valence-corrected chi connectivity index (χ2v) is 9.79. The molecule has 3 rings (SSSR count). The van der Waals surface area contributed by atoms with Gasteiger partial charge >= 0.3 is 0 Å². The molecule has 0 fully saturated rings. The van der Waals surface area contributed by atoms with Crippen molar-refractivity contribution in [1.82, 2.24) is 4.90 Å². The van der Waals surface area contributed by atoms with Gasteiger partial charge < -0.3 is 4.90 Å². The minimum Gasteiger partial charge on any atom is -0.305 e. The zero-order valence-corrected chi connectivity index (χ0v) is 17.0. The quantitative estimate of drug-likeness (QED) is 0.386. The van der Waals surface area contributed by atoms with E-state index < -0.39 is 0 Å². The predicted octanol–water partition coefficient (Wildman–Crippen LogP) is 4.84. The van der Waals surface area contributed by atoms with E-state index in [4.69, 9.17) is 0 Å². The molecule has 0 aliphatic heterocycles. The van der Waals surface area contributed by atoms with Gasteiger partial charge in [0.1, 0.15) is 0 Å². The summed E-state index contributed by atoms with van der Waals surface area (Å²) in [6, 6.07) is 32.7. The van der Waals surface area contributed by atoms with Gasteiger partial charge in [0.2, 0.25) is 0 Å². The van der Waals surface area contributed by atoms with E-state index in [0.717, 1.165) is 18.8 Å². The highest BCUT2D eigenvalue weighted by Crippen LogP contribution is 2.33. The summed E-state index contributed by atoms with van der Waals surface area (Å²) in [5, 5.41) is 2.95. The lowest BCUT2D eigenvalue weighted by Crippen LogP contribution is -2.27. The summed E-state index contributed by atoms with van der Waals surface area (Å²) in [6.45, 7) is 2.25. The third-order valence-electron chi connectivity index (χ3n) is 4.33. The molecular formula is C23H26NPS. The van der Waals surface area contributed by atoms with Crippen LogP contribution in [0.5, 0.6) is 0 Å². The minimum atomic E-state index is -0.291. The smallest absolute Gasteiger partial charge is 0.0108 e. The summed E-state index contributed by atoms with van der Waals surface area (Å²) in [4.78, 5) is 3.83. The Morgan fingerprint density at radius 3 is 1.73 bits per heavy atom. The highest BCUT2D eigenvalue weighted by atomic mass is 32.2. The number of rotatable bonds is 9. The first kappa shape index (κ1) is 19.2. The summed E-state index contributed by atoms with van der Waals surface area (Å²) >= 11 is 1.94. The molecule has 0 aromatic heterocycles. The minimum absolute atomic E-state index is 0.291. The molecule has 0 spiro atoms. The van der Waals surface area contributed by atoms with Crippen molar-refractivity contribution in [1.29, 1.82) is 0 Å². The molecule has 0 amide bonds. The topological polar surface area (TPSA) is 3.24 Å². The Kier molecular flexibility index (Phi) is 7.76. The van der Waals surface area contributed by atoms with Crippen LogP contribution in [0.25, 0.3) is 0 Å². The molecular weight excluding hydrogens is 353 g/mol. The van der Waals surface area contributed by atoms with Gasteiger partial charge in [-0.2, -0.15) is 0 Å². The van der Waals surface area contributed by atoms with Crippen LogP contribution in [0.3, 0.4) is 0 Å². The van der Waals surface area contributed by atoms with E-state index in [0.29, 0.717) is 0 Å². The first-order valence-corrected chi connectivity index (χ1v) is 11.6. The van der Waals surface area contributed by atoms with Crippen molar-refractivity contribution in [2.45, 2.75) is 4.90 Å². The highest BCUT2D eigenvalue weighted by Gasteiger charge is 2.14. The molecule has 1 nitrogen and oxygen atoms in total. The Morgan fingerprint density at radius 1 is 0.692 bits per heavy atom. The molecule has 0 saturated heterocycles. The van der Waals surface area contributed by atoms with Crippen LogP contribution in [0.4, 0.5) is 0 Å². The third-order valence-corrected chi connectivity index (χ3v) is 7.81. The summed E-state index contributed by atoms with van der Waals surface area (Å²) in [5.74, 6) is 1.13. The van der Waals surface area contributed by atoms with Crippen molar-refractivity contribution in [2.24, 2.45) is 0 Å². The molecule has 0 heterocycles. The van der Waals surface area contributed by atoms with E-state index in [-0.39, 0.29) is 7.92 Å². The summed E-state index contributed by atoms with van der Waals surface area (Å²) < 4.78 is 0. The summed E-state index contributed by atoms with van der Waals surface area (Å²) in [6.07, 6.45) is 1.20. The van der Waals surface area contributed by atoms with Crippen molar-refractivity contribution in [3.63, 3.8) is 0 Å². The van der Waals surface area contributed by atoms with Crippen LogP contribution >= 0.6 is 19.7 Å². The van der Waals surface area contributed by atoms with Gasteiger partial charge in [-0.05, 0) is 43.9 Å². The van der Waals surface area contributed by atoms with E-state index in [2.05, 4.69) is 103 Å². The maximum absolute atomic E-state index is 2.47. The van der Waals surface area contributed by atoms with Gasteiger partial charge in [0, 0.05) is 23.7 Å². The van der Waals surface area contributed by atoms with E-state index >= 15 is 0 Å². The van der Waals surface area contributed by atoms with E-state index in [9.17, 15) is 0 Å². The lowest BCUT2D eigenvalue weighted by molar-refractivity contribution is 0.379. The van der Waals surface area contributed by atoms with Gasteiger partial charge in [-0.3, -0.25) is 0 Å². The zero-order valence-electron chi connectivity index (χ0n) is 15.3. The summed E-state index contributed by atoms with van der Waals surface area (Å²) in [7, 11) is 1.95. The number of thioether (sulfide) groups is 1. The second-order valence-electron chi connectivity index (χ2n) is 6.29. The molecule has 26 heavy (non-hydrogen) atoms. The molecule has 0 aliphatic carbocycles. The van der Waals surface area contributed by atoms with Gasteiger partial charge in [-0.25, -0.2) is 0 Å².